The molecule has 0 spiro atoms. The van der Waals surface area contributed by atoms with Gasteiger partial charge in [0, 0.05) is 25.7 Å². The molecule has 3 unspecified atom stereocenters. The minimum atomic E-state index is -4.95. The summed E-state index contributed by atoms with van der Waals surface area (Å²) in [6, 6.07) is 0. The number of hydrogen-bond donors (Lipinski definition) is 3. The number of esters is 4. The molecule has 6 atom stereocenters. The van der Waals surface area contributed by atoms with E-state index in [1.165, 1.54) is 173 Å². The van der Waals surface area contributed by atoms with E-state index < -0.39 is 97.5 Å². The first kappa shape index (κ1) is 88.1. The molecule has 0 aromatic heterocycles. The molecule has 90 heavy (non-hydrogen) atoms. The summed E-state index contributed by atoms with van der Waals surface area (Å²) >= 11 is 0. The minimum absolute atomic E-state index is 0.107. The van der Waals surface area contributed by atoms with Crippen LogP contribution < -0.4 is 0 Å². The molecule has 0 aliphatic heterocycles. The Hall–Kier alpha value is -1.94. The third-order valence-electron chi connectivity index (χ3n) is 16.8. The van der Waals surface area contributed by atoms with Gasteiger partial charge in [0.1, 0.15) is 19.3 Å². The van der Waals surface area contributed by atoms with Crippen molar-refractivity contribution in [1.82, 2.24) is 0 Å². The largest absolute Gasteiger partial charge is 0.472 e. The lowest BCUT2D eigenvalue weighted by Crippen LogP contribution is -2.30. The van der Waals surface area contributed by atoms with Gasteiger partial charge in [-0.15, -0.1) is 0 Å². The summed E-state index contributed by atoms with van der Waals surface area (Å²) in [4.78, 5) is 72.6. The lowest BCUT2D eigenvalue weighted by atomic mass is 10.00. The molecule has 0 rings (SSSR count). The molecule has 0 bridgehead atoms. The van der Waals surface area contributed by atoms with E-state index in [1.807, 2.05) is 0 Å². The fraction of sp³-hybridized carbons (Fsp3) is 0.944. The zero-order valence-electron chi connectivity index (χ0n) is 58.4. The normalized spacial score (nSPS) is 14.4. The van der Waals surface area contributed by atoms with Crippen LogP contribution in [0.5, 0.6) is 0 Å². The highest BCUT2D eigenvalue weighted by molar-refractivity contribution is 7.47. The van der Waals surface area contributed by atoms with Crippen LogP contribution in [0, 0.1) is 11.8 Å². The number of phosphoric ester groups is 2. The van der Waals surface area contributed by atoms with Gasteiger partial charge >= 0.3 is 39.5 Å². The van der Waals surface area contributed by atoms with Gasteiger partial charge in [-0.25, -0.2) is 9.13 Å². The van der Waals surface area contributed by atoms with E-state index >= 15 is 0 Å². The molecule has 19 heteroatoms. The van der Waals surface area contributed by atoms with Gasteiger partial charge in [0.2, 0.25) is 0 Å². The molecule has 0 aliphatic rings. The molecule has 0 aromatic rings. The van der Waals surface area contributed by atoms with Crippen molar-refractivity contribution in [2.24, 2.45) is 11.8 Å². The minimum Gasteiger partial charge on any atom is -0.462 e. The van der Waals surface area contributed by atoms with Crippen molar-refractivity contribution in [2.45, 2.75) is 381 Å². The number of carbonyl (C=O) groups is 4. The van der Waals surface area contributed by atoms with Crippen molar-refractivity contribution in [1.29, 1.82) is 0 Å². The molecular weight excluding hydrogens is 1190 g/mol. The first-order valence-corrected chi connectivity index (χ1v) is 40.0. The van der Waals surface area contributed by atoms with E-state index in [-0.39, 0.29) is 25.7 Å². The van der Waals surface area contributed by atoms with E-state index in [2.05, 4.69) is 41.5 Å². The van der Waals surface area contributed by atoms with Crippen LogP contribution in [0.15, 0.2) is 0 Å². The smallest absolute Gasteiger partial charge is 0.462 e. The van der Waals surface area contributed by atoms with Crippen molar-refractivity contribution in [3.8, 4) is 0 Å². The zero-order chi connectivity index (χ0) is 66.5. The molecule has 0 radical (unpaired) electrons. The van der Waals surface area contributed by atoms with Crippen molar-refractivity contribution in [3.05, 3.63) is 0 Å². The SMILES string of the molecule is CCCCCCCCCCCCCCCCC(=O)O[C@H](COC(=O)CCCCCCCCCCCCC(C)C)COP(=O)(O)OC[C@@H](O)COP(=O)(O)OC[C@@H](COC(=O)CCCCCCCCC(C)CC)OC(=O)CCCCCCCCCCCCCCC. The van der Waals surface area contributed by atoms with Gasteiger partial charge in [-0.1, -0.05) is 311 Å². The van der Waals surface area contributed by atoms with Crippen molar-refractivity contribution < 1.29 is 80.2 Å². The molecule has 17 nitrogen and oxygen atoms in total. The van der Waals surface area contributed by atoms with Crippen molar-refractivity contribution in [2.75, 3.05) is 39.6 Å². The summed E-state index contributed by atoms with van der Waals surface area (Å²) in [7, 11) is -9.90. The molecule has 0 amide bonds. The molecule has 3 N–H and O–H groups in total. The summed E-state index contributed by atoms with van der Waals surface area (Å²) < 4.78 is 68.3. The molecule has 0 aromatic carbocycles. The number of carbonyl (C=O) groups excluding carboxylic acids is 4. The number of rotatable bonds is 70. The second kappa shape index (κ2) is 63.1. The van der Waals surface area contributed by atoms with Gasteiger partial charge in [-0.3, -0.25) is 37.3 Å². The van der Waals surface area contributed by atoms with E-state index in [0.717, 1.165) is 108 Å². The molecule has 0 heterocycles. The summed E-state index contributed by atoms with van der Waals surface area (Å²) in [5.41, 5.74) is 0. The second-order valence-corrected chi connectivity index (χ2v) is 29.3. The van der Waals surface area contributed by atoms with E-state index in [1.54, 1.807) is 0 Å². The van der Waals surface area contributed by atoms with Crippen LogP contribution in [0.2, 0.25) is 0 Å². The average molecular weight is 1330 g/mol. The number of ether oxygens (including phenoxy) is 4. The number of phosphoric acid groups is 2. The fourth-order valence-electron chi connectivity index (χ4n) is 10.7. The Labute approximate surface area is 549 Å². The van der Waals surface area contributed by atoms with Crippen LogP contribution in [-0.4, -0.2) is 96.7 Å². The van der Waals surface area contributed by atoms with Gasteiger partial charge in [0.15, 0.2) is 12.2 Å². The third kappa shape index (κ3) is 63.5. The molecule has 534 valence electrons. The lowest BCUT2D eigenvalue weighted by Gasteiger charge is -2.21. The molecule has 0 saturated carbocycles. The first-order chi connectivity index (χ1) is 43.4. The van der Waals surface area contributed by atoms with E-state index in [9.17, 15) is 43.2 Å². The van der Waals surface area contributed by atoms with Crippen LogP contribution >= 0.6 is 15.6 Å². The molecule has 0 aliphatic carbocycles. The maximum absolute atomic E-state index is 13.0. The predicted octanol–water partition coefficient (Wildman–Crippen LogP) is 20.4. The van der Waals surface area contributed by atoms with Crippen LogP contribution in [0.4, 0.5) is 0 Å². The fourth-order valence-corrected chi connectivity index (χ4v) is 12.3. The van der Waals surface area contributed by atoms with Gasteiger partial charge < -0.3 is 33.8 Å². The maximum Gasteiger partial charge on any atom is 0.472 e. The van der Waals surface area contributed by atoms with Gasteiger partial charge in [0.25, 0.3) is 0 Å². The van der Waals surface area contributed by atoms with E-state index in [4.69, 9.17) is 37.0 Å². The average Bonchev–Trinajstić information content (AvgIpc) is 3.24. The van der Waals surface area contributed by atoms with Crippen LogP contribution in [0.25, 0.3) is 0 Å². The Morgan fingerprint density at radius 2 is 0.567 bits per heavy atom. The van der Waals surface area contributed by atoms with Crippen molar-refractivity contribution >= 4 is 39.5 Å². The first-order valence-electron chi connectivity index (χ1n) is 37.0. The highest BCUT2D eigenvalue weighted by atomic mass is 31.2. The van der Waals surface area contributed by atoms with Gasteiger partial charge in [-0.2, -0.15) is 0 Å². The molecular formula is C71H138O17P2. The Bertz CT molecular complexity index is 1750. The molecule has 0 saturated heterocycles. The monoisotopic (exact) mass is 1320 g/mol. The van der Waals surface area contributed by atoms with Crippen LogP contribution in [-0.2, 0) is 65.4 Å². The Kier molecular flexibility index (Phi) is 61.8. The van der Waals surface area contributed by atoms with Crippen LogP contribution in [0.3, 0.4) is 0 Å². The maximum atomic E-state index is 13.0. The number of hydrogen-bond acceptors (Lipinski definition) is 15. The number of aliphatic hydroxyl groups excluding tert-OH is 1. The number of aliphatic hydroxyl groups is 1. The quantitative estimate of drug-likeness (QED) is 0.0222. The zero-order valence-corrected chi connectivity index (χ0v) is 60.2. The summed E-state index contributed by atoms with van der Waals surface area (Å²) in [6.45, 7) is 9.52. The third-order valence-corrected chi connectivity index (χ3v) is 18.7. The van der Waals surface area contributed by atoms with Crippen LogP contribution in [0.1, 0.15) is 363 Å². The summed E-state index contributed by atoms with van der Waals surface area (Å²) in [6.07, 6.45) is 48.4. The highest BCUT2D eigenvalue weighted by Crippen LogP contribution is 2.45. The summed E-state index contributed by atoms with van der Waals surface area (Å²) in [5, 5.41) is 10.6. The highest BCUT2D eigenvalue weighted by Gasteiger charge is 2.30. The lowest BCUT2D eigenvalue weighted by molar-refractivity contribution is -0.161. The Balaban J connectivity index is 5.26. The predicted molar refractivity (Wildman–Crippen MR) is 363 cm³/mol. The number of unbranched alkanes of at least 4 members (excludes halogenated alkanes) is 39. The Morgan fingerprint density at radius 1 is 0.322 bits per heavy atom. The summed E-state index contributed by atoms with van der Waals surface area (Å²) in [5.74, 6) is -0.631. The standard InChI is InChI=1S/C71H138O17P2/c1-7-10-12-14-16-18-20-22-24-26-32-36-44-50-56-70(75)87-66(59-81-68(73)53-47-41-34-30-28-27-29-33-39-45-51-63(4)5)61-85-89(77,78)83-57-65(72)58-84-90(79,80)86-62-67(60-82-69(74)54-48-42-38-37-40-46-52-64(6)9-3)88-71(76)55-49-43-35-31-25-23-21-19-17-15-13-11-8-2/h63-67,72H,7-62H2,1-6H3,(H,77,78)(H,79,80)/t64?,65-,66-,67-/m1/s1. The molecule has 0 fully saturated rings. The van der Waals surface area contributed by atoms with E-state index in [0.29, 0.717) is 25.7 Å². The van der Waals surface area contributed by atoms with Crippen molar-refractivity contribution in [3.63, 3.8) is 0 Å². The van der Waals surface area contributed by atoms with Gasteiger partial charge in [0.05, 0.1) is 26.4 Å². The topological polar surface area (TPSA) is 237 Å². The second-order valence-electron chi connectivity index (χ2n) is 26.3. The van der Waals surface area contributed by atoms with Gasteiger partial charge in [-0.05, 0) is 37.5 Å². The Morgan fingerprint density at radius 3 is 0.844 bits per heavy atom.